The minimum absolute atomic E-state index is 0. The van der Waals surface area contributed by atoms with Crippen LogP contribution in [0.3, 0.4) is 0 Å². The Labute approximate surface area is 275 Å². The van der Waals surface area contributed by atoms with Crippen LogP contribution in [-0.4, -0.2) is 9.97 Å². The smallest absolute Gasteiger partial charge is 0.138 e. The first-order chi connectivity index (χ1) is 21.3. The number of hydrogen-bond donors (Lipinski definition) is 0. The van der Waals surface area contributed by atoms with Crippen LogP contribution in [0.15, 0.2) is 83.5 Å². The number of aryl methyl sites for hydroxylation is 4. The van der Waals surface area contributed by atoms with Crippen molar-refractivity contribution in [2.75, 3.05) is 0 Å². The summed E-state index contributed by atoms with van der Waals surface area (Å²) >= 11 is 1.73. The molecule has 4 aromatic heterocycles. The first-order valence-electron chi connectivity index (χ1n) is 15.5. The predicted octanol–water partition coefficient (Wildman–Crippen LogP) is 10.7. The van der Waals surface area contributed by atoms with Gasteiger partial charge in [-0.2, -0.15) is 0 Å². The van der Waals surface area contributed by atoms with Gasteiger partial charge in [-0.25, -0.2) is 0 Å². The predicted molar refractivity (Wildman–Crippen MR) is 177 cm³/mol. The second-order valence-electron chi connectivity index (χ2n) is 11.8. The van der Waals surface area contributed by atoms with Crippen LogP contribution in [-0.2, 0) is 25.5 Å². The molecule has 1 radical (unpaired) electrons. The van der Waals surface area contributed by atoms with Crippen LogP contribution in [0, 0.1) is 39.8 Å². The van der Waals surface area contributed by atoms with Crippen LogP contribution in [0.2, 0.25) is 0 Å². The summed E-state index contributed by atoms with van der Waals surface area (Å²) < 4.78 is 31.3. The van der Waals surface area contributed by atoms with Crippen LogP contribution in [0.4, 0.5) is 0 Å². The molecule has 5 heteroatoms. The van der Waals surface area contributed by atoms with Crippen molar-refractivity contribution in [2.45, 2.75) is 53.8 Å². The summed E-state index contributed by atoms with van der Waals surface area (Å²) in [6.45, 7) is 10.0. The summed E-state index contributed by atoms with van der Waals surface area (Å²) in [5.41, 5.74) is 8.16. The largest absolute Gasteiger partial charge is 0.499 e. The summed E-state index contributed by atoms with van der Waals surface area (Å²) in [6, 6.07) is 28.9. The van der Waals surface area contributed by atoms with Crippen molar-refractivity contribution in [2.24, 2.45) is 0 Å². The van der Waals surface area contributed by atoms with Crippen molar-refractivity contribution in [1.82, 2.24) is 9.97 Å². The molecule has 7 rings (SSSR count). The molecule has 0 amide bonds. The van der Waals surface area contributed by atoms with Gasteiger partial charge in [0.25, 0.3) is 0 Å². The number of thiophene rings is 1. The number of pyridine rings is 2. The van der Waals surface area contributed by atoms with Gasteiger partial charge in [-0.05, 0) is 65.6 Å². The Bertz CT molecular complexity index is 2110. The van der Waals surface area contributed by atoms with Gasteiger partial charge in [0.05, 0.1) is 10.3 Å². The summed E-state index contributed by atoms with van der Waals surface area (Å²) in [5.74, 6) is 0. The maximum Gasteiger partial charge on any atom is 0.138 e. The first kappa shape index (κ1) is 27.0. The van der Waals surface area contributed by atoms with Crippen molar-refractivity contribution in [3.05, 3.63) is 118 Å². The van der Waals surface area contributed by atoms with Crippen molar-refractivity contribution < 1.29 is 28.6 Å². The molecule has 0 aliphatic carbocycles. The fraction of sp³-hybridized carbons (Fsp3) is 0.211. The van der Waals surface area contributed by atoms with Crippen molar-refractivity contribution in [1.29, 1.82) is 0 Å². The molecule has 0 saturated heterocycles. The van der Waals surface area contributed by atoms with Gasteiger partial charge in [-0.1, -0.05) is 69.0 Å². The molecular formula is C38H34IrN2OS-2. The molecule has 3 aromatic carbocycles. The molecule has 43 heavy (non-hydrogen) atoms. The van der Waals surface area contributed by atoms with Gasteiger partial charge in [0.15, 0.2) is 0 Å². The van der Waals surface area contributed by atoms with Gasteiger partial charge in [0.2, 0.25) is 0 Å². The molecule has 0 spiro atoms. The van der Waals surface area contributed by atoms with Gasteiger partial charge in [-0.3, -0.25) is 0 Å². The molecule has 0 atom stereocenters. The zero-order valence-electron chi connectivity index (χ0n) is 28.0. The van der Waals surface area contributed by atoms with Crippen molar-refractivity contribution >= 4 is 43.4 Å². The number of nitrogens with zero attached hydrogens (tertiary/aromatic N) is 2. The van der Waals surface area contributed by atoms with Crippen LogP contribution >= 0.6 is 11.3 Å². The molecule has 0 bridgehead atoms. The fourth-order valence-corrected chi connectivity index (χ4v) is 6.11. The number of furan rings is 1. The molecular weight excluding hydrogens is 725 g/mol. The van der Waals surface area contributed by atoms with E-state index in [1.54, 1.807) is 11.3 Å². The van der Waals surface area contributed by atoms with E-state index >= 15 is 0 Å². The Balaban J connectivity index is 0.000000234. The van der Waals surface area contributed by atoms with Crippen LogP contribution in [0.25, 0.3) is 54.5 Å². The number of hydrogen-bond acceptors (Lipinski definition) is 4. The van der Waals surface area contributed by atoms with Gasteiger partial charge < -0.3 is 14.4 Å². The zero-order valence-corrected chi connectivity index (χ0v) is 28.3. The maximum absolute atomic E-state index is 7.92. The zero-order chi connectivity index (χ0) is 32.1. The minimum atomic E-state index is -2.22. The molecule has 4 heterocycles. The monoisotopic (exact) mass is 762 g/mol. The molecule has 3 nitrogen and oxygen atoms in total. The second-order valence-corrected chi connectivity index (χ2v) is 13.0. The summed E-state index contributed by atoms with van der Waals surface area (Å²) in [5, 5.41) is 3.25. The van der Waals surface area contributed by atoms with Crippen LogP contribution in [0.1, 0.15) is 52.0 Å². The van der Waals surface area contributed by atoms with E-state index in [1.165, 1.54) is 27.6 Å². The number of fused-ring (bicyclic) bond motifs is 5. The van der Waals surface area contributed by atoms with E-state index in [4.69, 9.17) is 8.53 Å². The molecule has 0 saturated carbocycles. The third-order valence-electron chi connectivity index (χ3n) is 7.33. The Hall–Kier alpha value is -3.63. The third kappa shape index (κ3) is 6.21. The number of benzene rings is 3. The Kier molecular flexibility index (Phi) is 7.63. The summed E-state index contributed by atoms with van der Waals surface area (Å²) in [7, 11) is 0. The quantitative estimate of drug-likeness (QED) is 0.165. The molecule has 0 fully saturated rings. The van der Waals surface area contributed by atoms with E-state index in [-0.39, 0.29) is 31.1 Å². The molecule has 0 aliphatic rings. The standard InChI is InChI=1S/C25H22NOS.C13H12N.Ir/c1-14-13-26-21(12-20(14)25(3,4)5)19-8-6-7-17-18-10-9-16-11-15(2)28-24(16)23(18)27-22(17)19;1-10-3-6-12(7-4-10)13-8-5-11(2)9-14-13;/h6-7,9-13H,1-5H3;3-6,8-9H,1-2H3;/q2*-1;/i1D3;;. The van der Waals surface area contributed by atoms with Crippen LogP contribution < -0.4 is 0 Å². The van der Waals surface area contributed by atoms with Gasteiger partial charge >= 0.3 is 0 Å². The minimum Gasteiger partial charge on any atom is -0.499 e. The molecule has 0 unspecified atom stereocenters. The Morgan fingerprint density at radius 2 is 1.58 bits per heavy atom. The van der Waals surface area contributed by atoms with E-state index in [1.807, 2.05) is 70.3 Å². The average molecular weight is 762 g/mol. The fourth-order valence-electron chi connectivity index (χ4n) is 5.12. The van der Waals surface area contributed by atoms with E-state index in [0.717, 1.165) is 49.0 Å². The molecule has 7 aromatic rings. The third-order valence-corrected chi connectivity index (χ3v) is 8.40. The Morgan fingerprint density at radius 3 is 2.28 bits per heavy atom. The summed E-state index contributed by atoms with van der Waals surface area (Å²) in [6.07, 6.45) is 3.36. The SMILES string of the molecule is Cc1c[c-]c(-c2ccc(C)cn2)cc1.[2H]C([2H])([2H])c1cnc(-c2[c-]ccc3c2oc2c3ccc3cc(C)sc32)cc1C(C)(C)C.[Ir]. The number of rotatable bonds is 2. The van der Waals surface area contributed by atoms with E-state index in [0.29, 0.717) is 5.69 Å². The van der Waals surface area contributed by atoms with Crippen molar-refractivity contribution in [3.8, 4) is 22.5 Å². The first-order valence-corrected chi connectivity index (χ1v) is 14.8. The van der Waals surface area contributed by atoms with E-state index in [9.17, 15) is 0 Å². The Morgan fingerprint density at radius 1 is 0.814 bits per heavy atom. The maximum atomic E-state index is 7.92. The van der Waals surface area contributed by atoms with Gasteiger partial charge in [0.1, 0.15) is 5.58 Å². The van der Waals surface area contributed by atoms with E-state index < -0.39 is 6.85 Å². The van der Waals surface area contributed by atoms with Crippen LogP contribution in [0.5, 0.6) is 0 Å². The van der Waals surface area contributed by atoms with Crippen molar-refractivity contribution in [3.63, 3.8) is 0 Å². The topological polar surface area (TPSA) is 38.9 Å². The molecule has 219 valence electrons. The average Bonchev–Trinajstić information content (AvgIpc) is 3.57. The van der Waals surface area contributed by atoms with Gasteiger partial charge in [-0.15, -0.1) is 64.9 Å². The van der Waals surface area contributed by atoms with E-state index in [2.05, 4.69) is 66.3 Å². The molecule has 0 N–H and O–H groups in total. The number of aromatic nitrogens is 2. The van der Waals surface area contributed by atoms with Gasteiger partial charge in [0, 0.05) is 46.9 Å². The summed E-state index contributed by atoms with van der Waals surface area (Å²) in [4.78, 5) is 10.1. The molecule has 0 aliphatic heterocycles. The normalized spacial score (nSPS) is 12.7. The second kappa shape index (κ2) is 12.2.